The average Bonchev–Trinajstić information content (AvgIpc) is 2.52. The van der Waals surface area contributed by atoms with Gasteiger partial charge in [0.15, 0.2) is 11.6 Å². The first-order valence-electron chi connectivity index (χ1n) is 5.45. The summed E-state index contributed by atoms with van der Waals surface area (Å²) in [5.74, 6) is -2.87. The first-order valence-corrected chi connectivity index (χ1v) is 6.58. The van der Waals surface area contributed by atoms with Crippen LogP contribution in [0.15, 0.2) is 24.3 Å². The Labute approximate surface area is 128 Å². The molecule has 108 valence electrons. The summed E-state index contributed by atoms with van der Waals surface area (Å²) in [6, 6.07) is 1.06. The van der Waals surface area contributed by atoms with E-state index < -0.39 is 27.4 Å². The molecule has 1 N–H and O–H groups in total. The van der Waals surface area contributed by atoms with E-state index in [0.717, 1.165) is 12.1 Å². The summed E-state index contributed by atoms with van der Waals surface area (Å²) in [4.78, 5) is 11.7. The number of benzene rings is 1. The molecule has 8 heteroatoms. The standard InChI is InChI=1S/C12H8Cl3F2NO2/c13-12(14,15)11(19)18-9-2-1-3-20-10-5-8(17)7(16)4-6(9)10/h1-2,4-5,9H,3H2,(H,18,19). The van der Waals surface area contributed by atoms with Gasteiger partial charge < -0.3 is 10.1 Å². The molecule has 2 rings (SSSR count). The molecule has 1 amide bonds. The number of hydrogen-bond donors (Lipinski definition) is 1. The SMILES string of the molecule is O=C(NC1C=CCOc2cc(F)c(F)cc21)C(Cl)(Cl)Cl. The lowest BCUT2D eigenvalue weighted by atomic mass is 10.1. The number of rotatable bonds is 1. The van der Waals surface area contributed by atoms with E-state index in [0.29, 0.717) is 0 Å². The maximum absolute atomic E-state index is 13.3. The molecule has 1 aromatic carbocycles. The van der Waals surface area contributed by atoms with Gasteiger partial charge in [-0.1, -0.05) is 40.9 Å². The summed E-state index contributed by atoms with van der Waals surface area (Å²) >= 11 is 16.4. The van der Waals surface area contributed by atoms with Gasteiger partial charge in [-0.15, -0.1) is 0 Å². The zero-order valence-electron chi connectivity index (χ0n) is 9.80. The summed E-state index contributed by atoms with van der Waals surface area (Å²) in [5, 5.41) is 2.41. The van der Waals surface area contributed by atoms with Crippen LogP contribution in [-0.2, 0) is 4.79 Å². The average molecular weight is 343 g/mol. The second-order valence-electron chi connectivity index (χ2n) is 3.99. The van der Waals surface area contributed by atoms with Gasteiger partial charge in [-0.05, 0) is 12.1 Å². The number of hydrogen-bond acceptors (Lipinski definition) is 2. The predicted molar refractivity (Wildman–Crippen MR) is 72.2 cm³/mol. The summed E-state index contributed by atoms with van der Waals surface area (Å²) in [7, 11) is 0. The van der Waals surface area contributed by atoms with Crippen molar-refractivity contribution < 1.29 is 18.3 Å². The Hall–Kier alpha value is -1.04. The van der Waals surface area contributed by atoms with Gasteiger partial charge in [0, 0.05) is 11.6 Å². The van der Waals surface area contributed by atoms with Gasteiger partial charge in [-0.2, -0.15) is 0 Å². The molecule has 1 aliphatic rings. The Morgan fingerprint density at radius 2 is 1.95 bits per heavy atom. The van der Waals surface area contributed by atoms with Crippen LogP contribution in [0.1, 0.15) is 11.6 Å². The van der Waals surface area contributed by atoms with Gasteiger partial charge in [0.25, 0.3) is 9.70 Å². The van der Waals surface area contributed by atoms with Crippen molar-refractivity contribution in [3.05, 3.63) is 41.5 Å². The van der Waals surface area contributed by atoms with Crippen molar-refractivity contribution in [3.8, 4) is 5.75 Å². The third kappa shape index (κ3) is 3.34. The van der Waals surface area contributed by atoms with E-state index in [1.54, 1.807) is 6.08 Å². The molecule has 0 fully saturated rings. The number of alkyl halides is 3. The van der Waals surface area contributed by atoms with Crippen molar-refractivity contribution >= 4 is 40.7 Å². The van der Waals surface area contributed by atoms with Crippen LogP contribution in [0.2, 0.25) is 0 Å². The highest BCUT2D eigenvalue weighted by Crippen LogP contribution is 2.33. The summed E-state index contributed by atoms with van der Waals surface area (Å²) in [5.41, 5.74) is 0.236. The normalized spacial score (nSPS) is 17.9. The van der Waals surface area contributed by atoms with Crippen LogP contribution in [-0.4, -0.2) is 16.3 Å². The second-order valence-corrected chi connectivity index (χ2v) is 6.27. The molecule has 0 saturated carbocycles. The van der Waals surface area contributed by atoms with Crippen LogP contribution in [0.25, 0.3) is 0 Å². The molecule has 1 aromatic rings. The molecule has 1 unspecified atom stereocenters. The molecule has 0 aliphatic carbocycles. The van der Waals surface area contributed by atoms with Crippen LogP contribution in [0, 0.1) is 11.6 Å². The van der Waals surface area contributed by atoms with Crippen molar-refractivity contribution in [2.45, 2.75) is 9.83 Å². The first-order chi connectivity index (χ1) is 9.29. The molecule has 0 saturated heterocycles. The maximum Gasteiger partial charge on any atom is 0.272 e. The Kier molecular flexibility index (Phi) is 4.42. The molecule has 1 atom stereocenters. The molecular weight excluding hydrogens is 334 g/mol. The molecule has 0 spiro atoms. The van der Waals surface area contributed by atoms with E-state index in [1.807, 2.05) is 0 Å². The number of halogens is 5. The van der Waals surface area contributed by atoms with Gasteiger partial charge >= 0.3 is 0 Å². The van der Waals surface area contributed by atoms with Crippen molar-refractivity contribution in [3.63, 3.8) is 0 Å². The highest BCUT2D eigenvalue weighted by Gasteiger charge is 2.33. The Morgan fingerprint density at radius 1 is 1.30 bits per heavy atom. The minimum absolute atomic E-state index is 0.114. The fourth-order valence-corrected chi connectivity index (χ4v) is 1.86. The number of fused-ring (bicyclic) bond motifs is 1. The quantitative estimate of drug-likeness (QED) is 0.627. The monoisotopic (exact) mass is 341 g/mol. The highest BCUT2D eigenvalue weighted by molar-refractivity contribution is 6.76. The Morgan fingerprint density at radius 3 is 2.60 bits per heavy atom. The van der Waals surface area contributed by atoms with E-state index in [1.165, 1.54) is 6.08 Å². The third-order valence-corrected chi connectivity index (χ3v) is 3.11. The zero-order valence-corrected chi connectivity index (χ0v) is 12.1. The molecule has 0 aromatic heterocycles. The molecule has 20 heavy (non-hydrogen) atoms. The second kappa shape index (κ2) is 5.76. The minimum Gasteiger partial charge on any atom is -0.489 e. The molecule has 0 bridgehead atoms. The van der Waals surface area contributed by atoms with Crippen LogP contribution in [0.5, 0.6) is 5.75 Å². The molecule has 0 radical (unpaired) electrons. The van der Waals surface area contributed by atoms with Gasteiger partial charge in [0.05, 0.1) is 6.04 Å². The number of nitrogens with one attached hydrogen (secondary N) is 1. The Bertz CT molecular complexity index is 573. The lowest BCUT2D eigenvalue weighted by Crippen LogP contribution is -2.36. The van der Waals surface area contributed by atoms with E-state index in [2.05, 4.69) is 5.32 Å². The molecule has 3 nitrogen and oxygen atoms in total. The van der Waals surface area contributed by atoms with Crippen LogP contribution < -0.4 is 10.1 Å². The summed E-state index contributed by atoms with van der Waals surface area (Å²) < 4.78 is 29.6. The lowest BCUT2D eigenvalue weighted by Gasteiger charge is -2.19. The van der Waals surface area contributed by atoms with E-state index in [9.17, 15) is 13.6 Å². The molecule has 1 heterocycles. The van der Waals surface area contributed by atoms with Gasteiger partial charge in [-0.25, -0.2) is 8.78 Å². The van der Waals surface area contributed by atoms with Crippen molar-refractivity contribution in [1.82, 2.24) is 5.32 Å². The minimum atomic E-state index is -2.15. The number of carbonyl (C=O) groups excluding carboxylic acids is 1. The van der Waals surface area contributed by atoms with Crippen LogP contribution in [0.4, 0.5) is 8.78 Å². The fourth-order valence-electron chi connectivity index (χ4n) is 1.69. The number of carbonyl (C=O) groups is 1. The third-order valence-electron chi connectivity index (χ3n) is 2.60. The van der Waals surface area contributed by atoms with Crippen LogP contribution >= 0.6 is 34.8 Å². The van der Waals surface area contributed by atoms with Crippen LogP contribution in [0.3, 0.4) is 0 Å². The first kappa shape index (κ1) is 15.4. The van der Waals surface area contributed by atoms with Crippen molar-refractivity contribution in [1.29, 1.82) is 0 Å². The smallest absolute Gasteiger partial charge is 0.272 e. The van der Waals surface area contributed by atoms with E-state index >= 15 is 0 Å². The van der Waals surface area contributed by atoms with Gasteiger partial charge in [-0.3, -0.25) is 4.79 Å². The Balaban J connectivity index is 2.36. The van der Waals surface area contributed by atoms with Crippen molar-refractivity contribution in [2.75, 3.05) is 6.61 Å². The number of ether oxygens (including phenoxy) is 1. The topological polar surface area (TPSA) is 38.3 Å². The number of amides is 1. The fraction of sp³-hybridized carbons (Fsp3) is 0.250. The van der Waals surface area contributed by atoms with Crippen molar-refractivity contribution in [2.24, 2.45) is 0 Å². The summed E-state index contributed by atoms with van der Waals surface area (Å²) in [6.07, 6.45) is 3.12. The molecular formula is C12H8Cl3F2NO2. The maximum atomic E-state index is 13.3. The van der Waals surface area contributed by atoms with Gasteiger partial charge in [0.1, 0.15) is 12.4 Å². The lowest BCUT2D eigenvalue weighted by molar-refractivity contribution is -0.120. The van der Waals surface area contributed by atoms with E-state index in [-0.39, 0.29) is 17.9 Å². The zero-order chi connectivity index (χ0) is 14.9. The molecule has 1 aliphatic heterocycles. The largest absolute Gasteiger partial charge is 0.489 e. The predicted octanol–water partition coefficient (Wildman–Crippen LogP) is 3.44. The highest BCUT2D eigenvalue weighted by atomic mass is 35.6. The van der Waals surface area contributed by atoms with Gasteiger partial charge in [0.2, 0.25) is 0 Å². The van der Waals surface area contributed by atoms with E-state index in [4.69, 9.17) is 39.5 Å². The summed E-state index contributed by atoms with van der Waals surface area (Å²) in [6.45, 7) is 0.151.